The number of hydrogen-bond acceptors (Lipinski definition) is 2. The Hall–Kier alpha value is -0.570. The number of carbonyl (C=O) groups excluding carboxylic acids is 1. The third-order valence-corrected chi connectivity index (χ3v) is 4.34. The van der Waals surface area contributed by atoms with Gasteiger partial charge in [-0.3, -0.25) is 4.79 Å². The minimum absolute atomic E-state index is 0.0577. The quantitative estimate of drug-likeness (QED) is 0.823. The van der Waals surface area contributed by atoms with E-state index in [-0.39, 0.29) is 22.7 Å². The molecule has 1 rings (SSSR count). The van der Waals surface area contributed by atoms with Crippen LogP contribution in [0.15, 0.2) is 0 Å². The molecule has 1 fully saturated rings. The van der Waals surface area contributed by atoms with Crippen LogP contribution in [0.3, 0.4) is 0 Å². The van der Waals surface area contributed by atoms with Crippen molar-refractivity contribution in [1.29, 1.82) is 0 Å². The van der Waals surface area contributed by atoms with E-state index in [9.17, 15) is 4.79 Å². The Morgan fingerprint density at radius 1 is 1.37 bits per heavy atom. The molecule has 0 saturated heterocycles. The number of amides is 1. The second-order valence-corrected chi connectivity index (χ2v) is 7.99. The van der Waals surface area contributed by atoms with Crippen LogP contribution in [0.4, 0.5) is 0 Å². The molecule has 0 heterocycles. The first-order chi connectivity index (χ1) is 8.65. The van der Waals surface area contributed by atoms with Crippen molar-refractivity contribution in [3.63, 3.8) is 0 Å². The highest BCUT2D eigenvalue weighted by molar-refractivity contribution is 5.79. The molecular weight excluding hydrogens is 236 g/mol. The molecule has 1 saturated carbocycles. The fourth-order valence-electron chi connectivity index (χ4n) is 3.07. The molecule has 19 heavy (non-hydrogen) atoms. The molecule has 1 amide bonds. The summed E-state index contributed by atoms with van der Waals surface area (Å²) < 4.78 is 0. The van der Waals surface area contributed by atoms with Crippen LogP contribution in [0.1, 0.15) is 66.7 Å². The zero-order chi connectivity index (χ0) is 14.7. The molecule has 2 unspecified atom stereocenters. The zero-order valence-corrected chi connectivity index (χ0v) is 13.4. The maximum absolute atomic E-state index is 12.4. The third-order valence-electron chi connectivity index (χ3n) is 4.34. The fraction of sp³-hybridized carbons (Fsp3) is 0.938. The van der Waals surface area contributed by atoms with Gasteiger partial charge in [-0.1, -0.05) is 47.5 Å². The molecule has 0 aliphatic heterocycles. The first-order valence-electron chi connectivity index (χ1n) is 7.66. The van der Waals surface area contributed by atoms with E-state index in [0.717, 1.165) is 12.8 Å². The number of hydrogen-bond donors (Lipinski definition) is 2. The average molecular weight is 268 g/mol. The van der Waals surface area contributed by atoms with Gasteiger partial charge in [0.1, 0.15) is 0 Å². The van der Waals surface area contributed by atoms with E-state index in [1.54, 1.807) is 0 Å². The van der Waals surface area contributed by atoms with Crippen LogP contribution < -0.4 is 11.1 Å². The molecule has 3 nitrogen and oxygen atoms in total. The Bertz CT molecular complexity index is 304. The largest absolute Gasteiger partial charge is 0.353 e. The summed E-state index contributed by atoms with van der Waals surface area (Å²) in [6, 6.07) is 0.308. The van der Waals surface area contributed by atoms with E-state index >= 15 is 0 Å². The summed E-state index contributed by atoms with van der Waals surface area (Å²) in [5, 5.41) is 3.26. The van der Waals surface area contributed by atoms with E-state index in [1.807, 2.05) is 0 Å². The third kappa shape index (κ3) is 5.13. The summed E-state index contributed by atoms with van der Waals surface area (Å²) in [7, 11) is 0. The number of nitrogens with two attached hydrogens (primary N) is 1. The van der Waals surface area contributed by atoms with Crippen LogP contribution in [0.2, 0.25) is 0 Å². The highest BCUT2D eigenvalue weighted by Crippen LogP contribution is 2.35. The second-order valence-electron chi connectivity index (χ2n) is 7.99. The molecule has 0 aromatic carbocycles. The molecule has 0 radical (unpaired) electrons. The Balaban J connectivity index is 2.61. The predicted octanol–water partition coefficient (Wildman–Crippen LogP) is 3.08. The van der Waals surface area contributed by atoms with Crippen molar-refractivity contribution in [2.24, 2.45) is 22.5 Å². The number of nitrogens with one attached hydrogen (secondary N) is 1. The van der Waals surface area contributed by atoms with Crippen molar-refractivity contribution in [1.82, 2.24) is 5.32 Å². The van der Waals surface area contributed by atoms with Crippen LogP contribution in [0, 0.1) is 16.7 Å². The van der Waals surface area contributed by atoms with Gasteiger partial charge in [-0.05, 0) is 30.1 Å². The number of rotatable bonds is 4. The highest BCUT2D eigenvalue weighted by atomic mass is 16.2. The highest BCUT2D eigenvalue weighted by Gasteiger charge is 2.34. The summed E-state index contributed by atoms with van der Waals surface area (Å²) in [6.45, 7) is 11.4. The van der Waals surface area contributed by atoms with Crippen LogP contribution in [0.25, 0.3) is 0 Å². The molecule has 1 aliphatic carbocycles. The molecule has 0 aromatic heterocycles. The molecule has 3 N–H and O–H groups in total. The van der Waals surface area contributed by atoms with Gasteiger partial charge in [-0.15, -0.1) is 0 Å². The van der Waals surface area contributed by atoms with Crippen LogP contribution in [0.5, 0.6) is 0 Å². The molecule has 0 bridgehead atoms. The topological polar surface area (TPSA) is 55.1 Å². The van der Waals surface area contributed by atoms with Crippen LogP contribution >= 0.6 is 0 Å². The summed E-state index contributed by atoms with van der Waals surface area (Å²) in [4.78, 5) is 12.4. The van der Waals surface area contributed by atoms with Gasteiger partial charge >= 0.3 is 0 Å². The maximum Gasteiger partial charge on any atom is 0.224 e. The first kappa shape index (κ1) is 16.5. The first-order valence-corrected chi connectivity index (χ1v) is 7.66. The Labute approximate surface area is 118 Å². The lowest BCUT2D eigenvalue weighted by Gasteiger charge is -2.40. The van der Waals surface area contributed by atoms with E-state index in [4.69, 9.17) is 5.73 Å². The summed E-state index contributed by atoms with van der Waals surface area (Å²) in [5.74, 6) is 0.0927. The smallest absolute Gasteiger partial charge is 0.224 e. The Kier molecular flexibility index (Phi) is 5.43. The zero-order valence-electron chi connectivity index (χ0n) is 13.4. The Morgan fingerprint density at radius 2 is 2.00 bits per heavy atom. The van der Waals surface area contributed by atoms with E-state index in [2.05, 4.69) is 39.9 Å². The van der Waals surface area contributed by atoms with E-state index in [1.165, 1.54) is 19.3 Å². The van der Waals surface area contributed by atoms with Crippen molar-refractivity contribution in [2.45, 2.75) is 72.8 Å². The van der Waals surface area contributed by atoms with Crippen molar-refractivity contribution in [2.75, 3.05) is 6.54 Å². The molecular formula is C16H32N2O. The van der Waals surface area contributed by atoms with Gasteiger partial charge in [-0.25, -0.2) is 0 Å². The van der Waals surface area contributed by atoms with Gasteiger partial charge in [0.2, 0.25) is 5.91 Å². The van der Waals surface area contributed by atoms with E-state index in [0.29, 0.717) is 12.6 Å². The molecule has 112 valence electrons. The van der Waals surface area contributed by atoms with Crippen molar-refractivity contribution < 1.29 is 4.79 Å². The maximum atomic E-state index is 12.4. The van der Waals surface area contributed by atoms with Crippen molar-refractivity contribution in [3.05, 3.63) is 0 Å². The number of carbonyl (C=O) groups is 1. The van der Waals surface area contributed by atoms with E-state index < -0.39 is 0 Å². The summed E-state index contributed by atoms with van der Waals surface area (Å²) in [6.07, 6.45) is 5.65. The van der Waals surface area contributed by atoms with Gasteiger partial charge in [0, 0.05) is 12.6 Å². The lowest BCUT2D eigenvalue weighted by Crippen LogP contribution is -2.50. The van der Waals surface area contributed by atoms with Gasteiger partial charge in [0.15, 0.2) is 0 Å². The summed E-state index contributed by atoms with van der Waals surface area (Å²) >= 11 is 0. The lowest BCUT2D eigenvalue weighted by molar-refractivity contribution is -0.127. The molecule has 3 heteroatoms. The van der Waals surface area contributed by atoms with Crippen molar-refractivity contribution in [3.8, 4) is 0 Å². The van der Waals surface area contributed by atoms with Gasteiger partial charge in [0.05, 0.1) is 5.92 Å². The molecule has 0 spiro atoms. The van der Waals surface area contributed by atoms with Gasteiger partial charge in [-0.2, -0.15) is 0 Å². The standard InChI is InChI=1S/C16H32N2O/c1-15(2,3)10-12(11-17)14(19)18-13-8-6-7-9-16(13,4)5/h12-13H,6-11,17H2,1-5H3,(H,18,19). The second kappa shape index (κ2) is 6.25. The normalized spacial score (nSPS) is 24.8. The Morgan fingerprint density at radius 3 is 2.47 bits per heavy atom. The lowest BCUT2D eigenvalue weighted by atomic mass is 9.73. The minimum atomic E-state index is -0.0577. The summed E-state index contributed by atoms with van der Waals surface area (Å²) in [5.41, 5.74) is 6.15. The van der Waals surface area contributed by atoms with Crippen LogP contribution in [-0.4, -0.2) is 18.5 Å². The minimum Gasteiger partial charge on any atom is -0.353 e. The van der Waals surface area contributed by atoms with Gasteiger partial charge < -0.3 is 11.1 Å². The monoisotopic (exact) mass is 268 g/mol. The van der Waals surface area contributed by atoms with Crippen LogP contribution in [-0.2, 0) is 4.79 Å². The predicted molar refractivity (Wildman–Crippen MR) is 80.8 cm³/mol. The van der Waals surface area contributed by atoms with Gasteiger partial charge in [0.25, 0.3) is 0 Å². The fourth-order valence-corrected chi connectivity index (χ4v) is 3.07. The SMILES string of the molecule is CC(C)(C)CC(CN)C(=O)NC1CCCCC1(C)C. The van der Waals surface area contributed by atoms with Crippen molar-refractivity contribution >= 4 is 5.91 Å². The molecule has 0 aromatic rings. The molecule has 1 aliphatic rings. The average Bonchev–Trinajstić information content (AvgIpc) is 2.27. The molecule has 2 atom stereocenters.